The number of H-pyrrole nitrogens is 2. The van der Waals surface area contributed by atoms with Gasteiger partial charge in [-0.3, -0.25) is 19.3 Å². The van der Waals surface area contributed by atoms with Crippen LogP contribution in [0.3, 0.4) is 0 Å². The van der Waals surface area contributed by atoms with E-state index in [4.69, 9.17) is 12.2 Å². The second-order valence-electron chi connectivity index (χ2n) is 6.79. The number of benzene rings is 1. The van der Waals surface area contributed by atoms with E-state index in [1.54, 1.807) is 6.20 Å². The molecule has 0 amide bonds. The lowest BCUT2D eigenvalue weighted by atomic mass is 10.1. The number of carboxylic acid groups (broad SMARTS) is 1. The average Bonchev–Trinajstić information content (AvgIpc) is 3.40. The summed E-state index contributed by atoms with van der Waals surface area (Å²) < 4.78 is 1.63. The van der Waals surface area contributed by atoms with Crippen molar-refractivity contribution in [1.29, 1.82) is 0 Å². The molecule has 4 rings (SSSR count). The van der Waals surface area contributed by atoms with Gasteiger partial charge in [0.05, 0.1) is 0 Å². The van der Waals surface area contributed by atoms with Gasteiger partial charge in [-0.25, -0.2) is 4.79 Å². The van der Waals surface area contributed by atoms with Crippen molar-refractivity contribution in [2.75, 3.05) is 0 Å². The van der Waals surface area contributed by atoms with Gasteiger partial charge < -0.3 is 15.2 Å². The normalized spacial score (nSPS) is 15.3. The Hall–Kier alpha value is -3.20. The Balaban J connectivity index is 1.66. The number of nitrogens with one attached hydrogen (secondary N) is 2. The monoisotopic (exact) mass is 398 g/mol. The molecule has 4 N–H and O–H groups in total. The molecule has 0 bridgehead atoms. The van der Waals surface area contributed by atoms with Gasteiger partial charge in [-0.15, -0.1) is 0 Å². The Morgan fingerprint density at radius 1 is 1.39 bits per heavy atom. The number of fused-ring (bicyclic) bond motifs is 1. The third-order valence-corrected chi connectivity index (χ3v) is 5.12. The Kier molecular flexibility index (Phi) is 4.60. The van der Waals surface area contributed by atoms with Crippen molar-refractivity contribution in [3.63, 3.8) is 0 Å². The van der Waals surface area contributed by atoms with Crippen molar-refractivity contribution < 1.29 is 15.0 Å². The largest absolute Gasteiger partial charge is 0.494 e. The lowest BCUT2D eigenvalue weighted by molar-refractivity contribution is -0.138. The number of aromatic nitrogens is 3. The third-order valence-electron chi connectivity index (χ3n) is 4.82. The number of aromatic hydroxyl groups is 1. The first kappa shape index (κ1) is 18.2. The summed E-state index contributed by atoms with van der Waals surface area (Å²) in [7, 11) is 0. The first-order valence-electron chi connectivity index (χ1n) is 8.84. The lowest BCUT2D eigenvalue weighted by Gasteiger charge is -2.10. The number of aromatic amines is 2. The highest BCUT2D eigenvalue weighted by molar-refractivity contribution is 7.71. The number of carboxylic acids is 1. The minimum absolute atomic E-state index is 0.0537. The van der Waals surface area contributed by atoms with E-state index in [9.17, 15) is 19.8 Å². The Morgan fingerprint density at radius 2 is 2.14 bits per heavy atom. The number of aliphatic imine (C=N–C) groups is 1. The van der Waals surface area contributed by atoms with Crippen molar-refractivity contribution in [1.82, 2.24) is 14.5 Å². The van der Waals surface area contributed by atoms with Crippen molar-refractivity contribution in [2.24, 2.45) is 4.99 Å². The van der Waals surface area contributed by atoms with Crippen molar-refractivity contribution in [2.45, 2.75) is 31.3 Å². The molecule has 1 aliphatic carbocycles. The maximum absolute atomic E-state index is 12.2. The van der Waals surface area contributed by atoms with Gasteiger partial charge in [0.2, 0.25) is 5.88 Å². The molecule has 2 heterocycles. The molecule has 1 unspecified atom stereocenters. The van der Waals surface area contributed by atoms with Gasteiger partial charge in [-0.1, -0.05) is 18.2 Å². The number of rotatable bonds is 6. The zero-order valence-electron chi connectivity index (χ0n) is 14.8. The third kappa shape index (κ3) is 3.36. The Morgan fingerprint density at radius 3 is 2.86 bits per heavy atom. The van der Waals surface area contributed by atoms with E-state index >= 15 is 0 Å². The first-order valence-corrected chi connectivity index (χ1v) is 9.25. The van der Waals surface area contributed by atoms with Gasteiger partial charge in [0, 0.05) is 35.8 Å². The highest BCUT2D eigenvalue weighted by Crippen LogP contribution is 2.37. The molecule has 8 nitrogen and oxygen atoms in total. The minimum atomic E-state index is -1.12. The Bertz CT molecular complexity index is 1200. The molecule has 0 aliphatic heterocycles. The van der Waals surface area contributed by atoms with E-state index in [1.807, 2.05) is 24.3 Å². The molecule has 144 valence electrons. The van der Waals surface area contributed by atoms with Crippen molar-refractivity contribution in [3.05, 3.63) is 56.7 Å². The molecule has 28 heavy (non-hydrogen) atoms. The average molecular weight is 398 g/mol. The van der Waals surface area contributed by atoms with Crippen LogP contribution in [0.4, 0.5) is 0 Å². The van der Waals surface area contributed by atoms with Gasteiger partial charge in [0.1, 0.15) is 5.56 Å². The van der Waals surface area contributed by atoms with E-state index in [2.05, 4.69) is 15.0 Å². The number of nitrogens with zero attached hydrogens (tertiary/aromatic N) is 2. The summed E-state index contributed by atoms with van der Waals surface area (Å²) in [4.78, 5) is 33.6. The summed E-state index contributed by atoms with van der Waals surface area (Å²) in [5.74, 6) is -1.40. The molecule has 1 atom stereocenters. The van der Waals surface area contributed by atoms with Crippen molar-refractivity contribution in [3.8, 4) is 5.88 Å². The summed E-state index contributed by atoms with van der Waals surface area (Å²) in [6, 6.07) is 6.53. The van der Waals surface area contributed by atoms with Crippen LogP contribution >= 0.6 is 12.2 Å². The van der Waals surface area contributed by atoms with E-state index in [1.165, 1.54) is 4.57 Å². The molecule has 0 spiro atoms. The number of carbonyl (C=O) groups is 1. The fraction of sp³-hybridized carbons (Fsp3) is 0.263. The molecule has 2 aromatic heterocycles. The number of hydrogen-bond donors (Lipinski definition) is 4. The van der Waals surface area contributed by atoms with Crippen LogP contribution in [0, 0.1) is 4.77 Å². The molecule has 9 heteroatoms. The molecule has 1 fully saturated rings. The van der Waals surface area contributed by atoms with Gasteiger partial charge in [-0.2, -0.15) is 0 Å². The second-order valence-corrected chi connectivity index (χ2v) is 7.18. The van der Waals surface area contributed by atoms with Gasteiger partial charge in [-0.05, 0) is 36.7 Å². The van der Waals surface area contributed by atoms with Crippen LogP contribution < -0.4 is 5.56 Å². The summed E-state index contributed by atoms with van der Waals surface area (Å²) in [5.41, 5.74) is 1.03. The lowest BCUT2D eigenvalue weighted by Crippen LogP contribution is -2.23. The zero-order valence-corrected chi connectivity index (χ0v) is 15.6. The van der Waals surface area contributed by atoms with Crippen LogP contribution in [0.2, 0.25) is 0 Å². The SMILES string of the molecule is O=C(O)C(Cc1c[nH]c2ccccc12)N=Cc1c(O)n(C2CC2)c(=S)[nH]c1=O. The zero-order chi connectivity index (χ0) is 19.8. The highest BCUT2D eigenvalue weighted by atomic mass is 32.1. The molecular weight excluding hydrogens is 380 g/mol. The molecule has 0 saturated heterocycles. The molecular formula is C19H18N4O4S. The summed E-state index contributed by atoms with van der Waals surface area (Å²) in [6.07, 6.45) is 4.75. The molecule has 3 aromatic rings. The summed E-state index contributed by atoms with van der Waals surface area (Å²) in [6.45, 7) is 0. The van der Waals surface area contributed by atoms with Crippen LogP contribution in [0.1, 0.15) is 30.0 Å². The predicted molar refractivity (Wildman–Crippen MR) is 107 cm³/mol. The van der Waals surface area contributed by atoms with Crippen LogP contribution in [0.15, 0.2) is 40.2 Å². The van der Waals surface area contributed by atoms with Crippen LogP contribution in [0.25, 0.3) is 10.9 Å². The second kappa shape index (κ2) is 7.08. The summed E-state index contributed by atoms with van der Waals surface area (Å²) >= 11 is 5.11. The number of hydrogen-bond acceptors (Lipinski definition) is 5. The van der Waals surface area contributed by atoms with Gasteiger partial charge >= 0.3 is 5.97 Å². The van der Waals surface area contributed by atoms with E-state index in [0.717, 1.165) is 35.5 Å². The Labute approximate surface area is 164 Å². The maximum Gasteiger partial charge on any atom is 0.328 e. The van der Waals surface area contributed by atoms with E-state index in [-0.39, 0.29) is 28.7 Å². The van der Waals surface area contributed by atoms with Crippen LogP contribution in [-0.4, -0.2) is 43.0 Å². The smallest absolute Gasteiger partial charge is 0.328 e. The maximum atomic E-state index is 12.2. The van der Waals surface area contributed by atoms with E-state index in [0.29, 0.717) is 0 Å². The first-order chi connectivity index (χ1) is 13.5. The number of para-hydroxylation sites is 1. The molecule has 0 radical (unpaired) electrons. The predicted octanol–water partition coefficient (Wildman–Crippen LogP) is 2.54. The molecule has 1 aliphatic rings. The minimum Gasteiger partial charge on any atom is -0.494 e. The van der Waals surface area contributed by atoms with Crippen LogP contribution in [0.5, 0.6) is 5.88 Å². The van der Waals surface area contributed by atoms with E-state index < -0.39 is 17.6 Å². The fourth-order valence-corrected chi connectivity index (χ4v) is 3.55. The fourth-order valence-electron chi connectivity index (χ4n) is 3.22. The summed E-state index contributed by atoms with van der Waals surface area (Å²) in [5, 5.41) is 20.9. The molecule has 1 saturated carbocycles. The standard InChI is InChI=1S/C19H18N4O4S/c24-16-13(17(25)23(11-5-6-11)19(28)22-16)9-21-15(18(26)27)7-10-8-20-14-4-2-1-3-12(10)14/h1-4,8-9,11,15,20,25H,5-7H2,(H,26,27)(H,22,24,28). The molecule has 1 aromatic carbocycles. The van der Waals surface area contributed by atoms with Gasteiger partial charge in [0.25, 0.3) is 5.56 Å². The highest BCUT2D eigenvalue weighted by Gasteiger charge is 2.28. The topological polar surface area (TPSA) is 123 Å². The quantitative estimate of drug-likeness (QED) is 0.375. The van der Waals surface area contributed by atoms with Gasteiger partial charge in [0.15, 0.2) is 10.8 Å². The number of aliphatic carboxylic acids is 1. The van der Waals surface area contributed by atoms with Crippen LogP contribution in [-0.2, 0) is 11.2 Å². The van der Waals surface area contributed by atoms with Crippen molar-refractivity contribution >= 4 is 35.3 Å².